The Morgan fingerprint density at radius 1 is 1.25 bits per heavy atom. The molecule has 2 bridgehead atoms. The Hall–Kier alpha value is 0. The average molecular weight is 108 g/mol. The lowest BCUT2D eigenvalue weighted by Gasteiger charge is -2.18. The molecule has 0 aromatic carbocycles. The van der Waals surface area contributed by atoms with Crippen molar-refractivity contribution in [1.29, 1.82) is 0 Å². The molecule has 0 heterocycles. The van der Waals surface area contributed by atoms with Crippen LogP contribution in [0.1, 0.15) is 32.1 Å². The lowest BCUT2D eigenvalue weighted by molar-refractivity contribution is 0.379. The fourth-order valence-electron chi connectivity index (χ4n) is 2.24. The summed E-state index contributed by atoms with van der Waals surface area (Å²) < 4.78 is 0. The zero-order valence-corrected chi connectivity index (χ0v) is 5.19. The topological polar surface area (TPSA) is 0 Å². The van der Waals surface area contributed by atoms with Crippen molar-refractivity contribution in [2.24, 2.45) is 11.3 Å². The van der Waals surface area contributed by atoms with Crippen LogP contribution in [0.3, 0.4) is 0 Å². The SMILES string of the molecule is [CH]C12CCC(CC1)C2. The van der Waals surface area contributed by atoms with E-state index in [1.165, 1.54) is 32.1 Å². The van der Waals surface area contributed by atoms with E-state index in [9.17, 15) is 0 Å². The van der Waals surface area contributed by atoms with Gasteiger partial charge in [0.05, 0.1) is 0 Å². The summed E-state index contributed by atoms with van der Waals surface area (Å²) in [6.07, 6.45) is 6.76. The molecule has 0 spiro atoms. The third kappa shape index (κ3) is 0.519. The summed E-state index contributed by atoms with van der Waals surface area (Å²) in [4.78, 5) is 0. The van der Waals surface area contributed by atoms with E-state index in [1.54, 1.807) is 0 Å². The number of rotatable bonds is 0. The summed E-state index contributed by atoms with van der Waals surface area (Å²) in [6.45, 7) is 6.00. The predicted molar refractivity (Wildman–Crippen MR) is 33.3 cm³/mol. The van der Waals surface area contributed by atoms with Crippen LogP contribution in [0.25, 0.3) is 0 Å². The third-order valence-electron chi connectivity index (χ3n) is 2.80. The lowest BCUT2D eigenvalue weighted by atomic mass is 9.87. The minimum Gasteiger partial charge on any atom is -0.0499 e. The molecule has 0 unspecified atom stereocenters. The quantitative estimate of drug-likeness (QED) is 0.446. The highest BCUT2D eigenvalue weighted by Crippen LogP contribution is 2.53. The third-order valence-corrected chi connectivity index (χ3v) is 2.80. The van der Waals surface area contributed by atoms with Gasteiger partial charge in [0.2, 0.25) is 0 Å². The normalized spacial score (nSPS) is 52.9. The van der Waals surface area contributed by atoms with Crippen molar-refractivity contribution in [1.82, 2.24) is 0 Å². The van der Waals surface area contributed by atoms with Crippen LogP contribution in [0.5, 0.6) is 0 Å². The molecular formula is C8H12. The van der Waals surface area contributed by atoms with Crippen LogP contribution < -0.4 is 0 Å². The van der Waals surface area contributed by atoms with Gasteiger partial charge in [0.25, 0.3) is 0 Å². The molecular weight excluding hydrogens is 96.1 g/mol. The minimum atomic E-state index is 0.310. The van der Waals surface area contributed by atoms with Crippen LogP contribution in [0, 0.1) is 18.3 Å². The van der Waals surface area contributed by atoms with E-state index in [0.29, 0.717) is 5.41 Å². The maximum atomic E-state index is 6.00. The maximum absolute atomic E-state index is 6.00. The van der Waals surface area contributed by atoms with Crippen LogP contribution >= 0.6 is 0 Å². The first-order chi connectivity index (χ1) is 3.79. The van der Waals surface area contributed by atoms with Gasteiger partial charge in [0, 0.05) is 0 Å². The molecule has 0 amide bonds. The lowest BCUT2D eigenvalue weighted by Crippen LogP contribution is -2.06. The first-order valence-electron chi connectivity index (χ1n) is 3.57. The fourth-order valence-corrected chi connectivity index (χ4v) is 2.24. The van der Waals surface area contributed by atoms with Gasteiger partial charge in [-0.05, 0) is 50.4 Å². The van der Waals surface area contributed by atoms with Gasteiger partial charge < -0.3 is 0 Å². The van der Waals surface area contributed by atoms with Crippen LogP contribution in [-0.2, 0) is 0 Å². The zero-order chi connectivity index (χ0) is 5.61. The molecule has 2 rings (SSSR count). The molecule has 2 aliphatic carbocycles. The van der Waals surface area contributed by atoms with Crippen molar-refractivity contribution in [2.75, 3.05) is 0 Å². The van der Waals surface area contributed by atoms with Crippen molar-refractivity contribution >= 4 is 0 Å². The van der Waals surface area contributed by atoms with Crippen molar-refractivity contribution in [3.05, 3.63) is 6.92 Å². The molecule has 44 valence electrons. The van der Waals surface area contributed by atoms with E-state index >= 15 is 0 Å². The van der Waals surface area contributed by atoms with Crippen LogP contribution in [0.2, 0.25) is 0 Å². The predicted octanol–water partition coefficient (Wildman–Crippen LogP) is 2.28. The van der Waals surface area contributed by atoms with Gasteiger partial charge in [-0.25, -0.2) is 0 Å². The minimum absolute atomic E-state index is 0.310. The summed E-state index contributed by atoms with van der Waals surface area (Å²) in [5.41, 5.74) is 0.310. The Bertz CT molecular complexity index is 96.6. The molecule has 0 saturated heterocycles. The van der Waals surface area contributed by atoms with Gasteiger partial charge in [-0.3, -0.25) is 0 Å². The molecule has 2 aliphatic rings. The molecule has 0 atom stereocenters. The van der Waals surface area contributed by atoms with E-state index in [0.717, 1.165) is 5.92 Å². The van der Waals surface area contributed by atoms with Crippen LogP contribution in [-0.4, -0.2) is 0 Å². The zero-order valence-electron chi connectivity index (χ0n) is 5.19. The molecule has 2 fully saturated rings. The Kier molecular flexibility index (Phi) is 0.778. The van der Waals surface area contributed by atoms with Crippen molar-refractivity contribution in [3.63, 3.8) is 0 Å². The van der Waals surface area contributed by atoms with E-state index in [-0.39, 0.29) is 0 Å². The standard InChI is InChI=1S/C8H12/c1-8-4-2-7(6-8)3-5-8/h1,7H,2-6H2. The van der Waals surface area contributed by atoms with Gasteiger partial charge in [-0.1, -0.05) is 0 Å². The Morgan fingerprint density at radius 3 is 2.00 bits per heavy atom. The highest BCUT2D eigenvalue weighted by Gasteiger charge is 2.40. The highest BCUT2D eigenvalue weighted by atomic mass is 14.5. The smallest absolute Gasteiger partial charge is 0.0260 e. The maximum Gasteiger partial charge on any atom is -0.0260 e. The second-order valence-electron chi connectivity index (χ2n) is 3.51. The molecule has 0 aromatic rings. The summed E-state index contributed by atoms with van der Waals surface area (Å²) >= 11 is 0. The Balaban J connectivity index is 2.19. The molecule has 2 saturated carbocycles. The number of hydrogen-bond acceptors (Lipinski definition) is 0. The number of fused-ring (bicyclic) bond motifs is 2. The molecule has 0 aromatic heterocycles. The second kappa shape index (κ2) is 1.29. The number of hydrogen-bond donors (Lipinski definition) is 0. The highest BCUT2D eigenvalue weighted by molar-refractivity contribution is 4.97. The first kappa shape index (κ1) is 4.84. The second-order valence-corrected chi connectivity index (χ2v) is 3.51. The Labute approximate surface area is 51.3 Å². The molecule has 2 radical (unpaired) electrons. The van der Waals surface area contributed by atoms with Gasteiger partial charge in [-0.15, -0.1) is 0 Å². The molecule has 0 heteroatoms. The van der Waals surface area contributed by atoms with Gasteiger partial charge in [0.15, 0.2) is 0 Å². The molecule has 0 aliphatic heterocycles. The fraction of sp³-hybridized carbons (Fsp3) is 0.875. The van der Waals surface area contributed by atoms with Gasteiger partial charge in [-0.2, -0.15) is 0 Å². The largest absolute Gasteiger partial charge is 0.0499 e. The van der Waals surface area contributed by atoms with E-state index in [1.807, 2.05) is 0 Å². The average Bonchev–Trinajstić information content (AvgIpc) is 2.21. The van der Waals surface area contributed by atoms with Gasteiger partial charge >= 0.3 is 0 Å². The van der Waals surface area contributed by atoms with Gasteiger partial charge in [0.1, 0.15) is 0 Å². The van der Waals surface area contributed by atoms with Crippen molar-refractivity contribution in [3.8, 4) is 0 Å². The monoisotopic (exact) mass is 108 g/mol. The summed E-state index contributed by atoms with van der Waals surface area (Å²) in [6, 6.07) is 0. The molecule has 0 N–H and O–H groups in total. The Morgan fingerprint density at radius 2 is 1.88 bits per heavy atom. The van der Waals surface area contributed by atoms with E-state index < -0.39 is 0 Å². The van der Waals surface area contributed by atoms with Crippen molar-refractivity contribution < 1.29 is 0 Å². The summed E-state index contributed by atoms with van der Waals surface area (Å²) in [5.74, 6) is 1.01. The van der Waals surface area contributed by atoms with Crippen LogP contribution in [0.4, 0.5) is 0 Å². The molecule has 0 nitrogen and oxygen atoms in total. The molecule has 8 heavy (non-hydrogen) atoms. The van der Waals surface area contributed by atoms with Crippen LogP contribution in [0.15, 0.2) is 0 Å². The summed E-state index contributed by atoms with van der Waals surface area (Å²) in [5, 5.41) is 0. The van der Waals surface area contributed by atoms with Crippen molar-refractivity contribution in [2.45, 2.75) is 32.1 Å². The summed E-state index contributed by atoms with van der Waals surface area (Å²) in [7, 11) is 0. The van der Waals surface area contributed by atoms with E-state index in [4.69, 9.17) is 6.92 Å². The van der Waals surface area contributed by atoms with E-state index in [2.05, 4.69) is 0 Å². The first-order valence-corrected chi connectivity index (χ1v) is 3.57.